The minimum atomic E-state index is -3.83. The van der Waals surface area contributed by atoms with E-state index in [9.17, 15) is 18.3 Å². The maximum absolute atomic E-state index is 12.0. The minimum Gasteiger partial charge on any atom is -0.480 e. The van der Waals surface area contributed by atoms with E-state index in [-0.39, 0.29) is 11.3 Å². The molecule has 0 amide bonds. The van der Waals surface area contributed by atoms with Crippen LogP contribution in [0.4, 0.5) is 0 Å². The van der Waals surface area contributed by atoms with Gasteiger partial charge in [0.05, 0.1) is 4.90 Å². The zero-order valence-corrected chi connectivity index (χ0v) is 12.0. The van der Waals surface area contributed by atoms with E-state index < -0.39 is 22.0 Å². The Kier molecular flexibility index (Phi) is 4.77. The molecule has 0 saturated carbocycles. The molecule has 3 N–H and O–H groups in total. The number of carboxylic acids is 1. The molecule has 0 aliphatic carbocycles. The summed E-state index contributed by atoms with van der Waals surface area (Å²) in [5, 5.41) is 9.18. The molecule has 1 atom stereocenters. The Bertz CT molecular complexity index is 681. The maximum Gasteiger partial charge on any atom is 0.321 e. The molecule has 0 unspecified atom stereocenters. The van der Waals surface area contributed by atoms with Gasteiger partial charge in [-0.05, 0) is 24.5 Å². The lowest BCUT2D eigenvalue weighted by atomic mass is 10.1. The first-order valence-electron chi connectivity index (χ1n) is 6.41. The number of aryl methyl sites for hydroxylation is 1. The van der Waals surface area contributed by atoms with Crippen molar-refractivity contribution in [2.45, 2.75) is 23.8 Å². The molecule has 2 rings (SSSR count). The molecule has 0 aliphatic rings. The summed E-state index contributed by atoms with van der Waals surface area (Å²) in [7, 11) is -3.83. The summed E-state index contributed by atoms with van der Waals surface area (Å²) in [5.74, 6) is -1.19. The van der Waals surface area contributed by atoms with Crippen LogP contribution in [0.15, 0.2) is 53.7 Å². The number of nitrogens with one attached hydrogen (secondary N) is 2. The first-order valence-corrected chi connectivity index (χ1v) is 7.89. The minimum absolute atomic E-state index is 0.0217. The molecule has 0 bridgehead atoms. The van der Waals surface area contributed by atoms with E-state index in [1.807, 2.05) is 30.3 Å². The second kappa shape index (κ2) is 6.55. The van der Waals surface area contributed by atoms with Crippen LogP contribution in [0.25, 0.3) is 0 Å². The van der Waals surface area contributed by atoms with Crippen molar-refractivity contribution in [2.75, 3.05) is 0 Å². The molecule has 0 fully saturated rings. The van der Waals surface area contributed by atoms with Gasteiger partial charge in [0.25, 0.3) is 0 Å². The van der Waals surface area contributed by atoms with E-state index >= 15 is 0 Å². The number of hydrogen-bond acceptors (Lipinski definition) is 3. The van der Waals surface area contributed by atoms with Gasteiger partial charge in [0.15, 0.2) is 0 Å². The number of aliphatic carboxylic acids is 1. The average molecular weight is 308 g/mol. The predicted octanol–water partition coefficient (Wildman–Crippen LogP) is 1.38. The van der Waals surface area contributed by atoms with Gasteiger partial charge in [-0.25, -0.2) is 8.42 Å². The quantitative estimate of drug-likeness (QED) is 0.719. The van der Waals surface area contributed by atoms with Gasteiger partial charge >= 0.3 is 5.97 Å². The van der Waals surface area contributed by atoms with Crippen molar-refractivity contribution in [1.29, 1.82) is 0 Å². The highest BCUT2D eigenvalue weighted by Crippen LogP contribution is 2.11. The van der Waals surface area contributed by atoms with Crippen molar-refractivity contribution in [3.8, 4) is 0 Å². The number of benzene rings is 1. The molecule has 0 saturated heterocycles. The number of rotatable bonds is 7. The van der Waals surface area contributed by atoms with Crippen molar-refractivity contribution in [1.82, 2.24) is 9.71 Å². The lowest BCUT2D eigenvalue weighted by Crippen LogP contribution is -2.40. The second-order valence-corrected chi connectivity index (χ2v) is 6.30. The van der Waals surface area contributed by atoms with E-state index in [4.69, 9.17) is 0 Å². The molecule has 1 heterocycles. The van der Waals surface area contributed by atoms with Crippen molar-refractivity contribution < 1.29 is 18.3 Å². The lowest BCUT2D eigenvalue weighted by Gasteiger charge is -2.14. The topological polar surface area (TPSA) is 99.3 Å². The van der Waals surface area contributed by atoms with E-state index in [2.05, 4.69) is 9.71 Å². The molecule has 112 valence electrons. The number of carboxylic acid groups (broad SMARTS) is 1. The summed E-state index contributed by atoms with van der Waals surface area (Å²) in [6.07, 6.45) is 3.43. The van der Waals surface area contributed by atoms with Crippen molar-refractivity contribution in [3.05, 3.63) is 54.4 Å². The standard InChI is InChI=1S/C14H16N2O4S/c17-14(18)13(7-6-11-4-2-1-3-5-11)16-21(19,20)12-8-9-15-10-12/h1-5,8-10,13,15-16H,6-7H2,(H,17,18)/t13-/m0/s1. The largest absolute Gasteiger partial charge is 0.480 e. The van der Waals surface area contributed by atoms with Gasteiger partial charge in [-0.3, -0.25) is 4.79 Å². The molecule has 1 aromatic carbocycles. The molecule has 0 aliphatic heterocycles. The summed E-state index contributed by atoms with van der Waals surface area (Å²) >= 11 is 0. The maximum atomic E-state index is 12.0. The Morgan fingerprint density at radius 2 is 1.95 bits per heavy atom. The monoisotopic (exact) mass is 308 g/mol. The summed E-state index contributed by atoms with van der Waals surface area (Å²) < 4.78 is 26.3. The van der Waals surface area contributed by atoms with E-state index in [1.165, 1.54) is 18.5 Å². The molecule has 6 nitrogen and oxygen atoms in total. The number of carbonyl (C=O) groups is 1. The molecular weight excluding hydrogens is 292 g/mol. The van der Waals surface area contributed by atoms with Crippen LogP contribution in [0.3, 0.4) is 0 Å². The van der Waals surface area contributed by atoms with Crippen molar-refractivity contribution in [2.24, 2.45) is 0 Å². The Balaban J connectivity index is 2.05. The Labute approximate surface area is 122 Å². The third kappa shape index (κ3) is 4.17. The summed E-state index contributed by atoms with van der Waals surface area (Å²) in [6.45, 7) is 0. The van der Waals surface area contributed by atoms with E-state index in [0.717, 1.165) is 5.56 Å². The lowest BCUT2D eigenvalue weighted by molar-refractivity contribution is -0.139. The van der Waals surface area contributed by atoms with Crippen LogP contribution in [-0.4, -0.2) is 30.5 Å². The molecule has 21 heavy (non-hydrogen) atoms. The SMILES string of the molecule is O=C(O)[C@H](CCc1ccccc1)NS(=O)(=O)c1cc[nH]c1. The van der Waals surface area contributed by atoms with Gasteiger partial charge in [0, 0.05) is 12.4 Å². The van der Waals surface area contributed by atoms with Gasteiger partial charge in [0.2, 0.25) is 10.0 Å². The Morgan fingerprint density at radius 3 is 2.52 bits per heavy atom. The Hall–Kier alpha value is -2.12. The molecule has 1 aromatic heterocycles. The third-order valence-electron chi connectivity index (χ3n) is 3.04. The summed E-state index contributed by atoms with van der Waals surface area (Å²) in [5.41, 5.74) is 0.963. The van der Waals surface area contributed by atoms with Crippen LogP contribution >= 0.6 is 0 Å². The van der Waals surface area contributed by atoms with E-state index in [1.54, 1.807) is 0 Å². The normalized spacial score (nSPS) is 13.0. The van der Waals surface area contributed by atoms with Crippen LogP contribution < -0.4 is 4.72 Å². The second-order valence-electron chi connectivity index (χ2n) is 4.58. The first-order chi connectivity index (χ1) is 9.99. The fourth-order valence-corrected chi connectivity index (χ4v) is 3.12. The number of aromatic amines is 1. The number of hydrogen-bond donors (Lipinski definition) is 3. The number of aromatic nitrogens is 1. The van der Waals surface area contributed by atoms with Crippen LogP contribution in [0, 0.1) is 0 Å². The summed E-state index contributed by atoms with van der Waals surface area (Å²) in [4.78, 5) is 13.9. The zero-order chi connectivity index (χ0) is 15.3. The first kappa shape index (κ1) is 15.3. The van der Waals surface area contributed by atoms with E-state index in [0.29, 0.717) is 6.42 Å². The third-order valence-corrected chi connectivity index (χ3v) is 4.51. The smallest absolute Gasteiger partial charge is 0.321 e. The fraction of sp³-hybridized carbons (Fsp3) is 0.214. The molecule has 0 radical (unpaired) electrons. The van der Waals surface area contributed by atoms with Crippen LogP contribution in [0.5, 0.6) is 0 Å². The summed E-state index contributed by atoms with van der Waals surface area (Å²) in [6, 6.07) is 9.54. The van der Waals surface area contributed by atoms with Crippen LogP contribution in [-0.2, 0) is 21.2 Å². The number of sulfonamides is 1. The van der Waals surface area contributed by atoms with Crippen molar-refractivity contribution in [3.63, 3.8) is 0 Å². The van der Waals surface area contributed by atoms with Gasteiger partial charge in [-0.2, -0.15) is 4.72 Å². The van der Waals surface area contributed by atoms with Crippen LogP contribution in [0.2, 0.25) is 0 Å². The van der Waals surface area contributed by atoms with Crippen molar-refractivity contribution >= 4 is 16.0 Å². The highest BCUT2D eigenvalue weighted by atomic mass is 32.2. The highest BCUT2D eigenvalue weighted by molar-refractivity contribution is 7.89. The highest BCUT2D eigenvalue weighted by Gasteiger charge is 2.25. The zero-order valence-electron chi connectivity index (χ0n) is 11.2. The number of H-pyrrole nitrogens is 1. The molecular formula is C14H16N2O4S. The molecule has 2 aromatic rings. The fourth-order valence-electron chi connectivity index (χ4n) is 1.92. The Morgan fingerprint density at radius 1 is 1.24 bits per heavy atom. The van der Waals surface area contributed by atoms with Gasteiger partial charge in [-0.1, -0.05) is 30.3 Å². The van der Waals surface area contributed by atoms with Gasteiger partial charge in [-0.15, -0.1) is 0 Å². The predicted molar refractivity (Wildman–Crippen MR) is 77.3 cm³/mol. The van der Waals surface area contributed by atoms with Crippen LogP contribution in [0.1, 0.15) is 12.0 Å². The molecule has 0 spiro atoms. The van der Waals surface area contributed by atoms with Gasteiger partial charge < -0.3 is 10.1 Å². The average Bonchev–Trinajstić information content (AvgIpc) is 2.99. The van der Waals surface area contributed by atoms with Gasteiger partial charge in [0.1, 0.15) is 6.04 Å². The molecule has 7 heteroatoms.